The van der Waals surface area contributed by atoms with E-state index in [0.717, 1.165) is 60.4 Å². The number of benzene rings is 3. The van der Waals surface area contributed by atoms with Crippen LogP contribution in [0.3, 0.4) is 0 Å². The molecule has 1 fully saturated rings. The summed E-state index contributed by atoms with van der Waals surface area (Å²) < 4.78 is 5.25. The highest BCUT2D eigenvalue weighted by molar-refractivity contribution is 6.32. The summed E-state index contributed by atoms with van der Waals surface area (Å²) in [5, 5.41) is 12.6. The Hall–Kier alpha value is -3.57. The van der Waals surface area contributed by atoms with Gasteiger partial charge in [-0.2, -0.15) is 0 Å². The van der Waals surface area contributed by atoms with Crippen molar-refractivity contribution in [1.82, 2.24) is 0 Å². The Bertz CT molecular complexity index is 1260. The van der Waals surface area contributed by atoms with Crippen molar-refractivity contribution in [2.45, 2.75) is 38.5 Å². The Morgan fingerprint density at radius 1 is 1.00 bits per heavy atom. The Morgan fingerprint density at radius 3 is 2.39 bits per heavy atom. The molecule has 5 nitrogen and oxygen atoms in total. The zero-order valence-corrected chi connectivity index (χ0v) is 21.1. The second-order valence-electron chi connectivity index (χ2n) is 9.32. The molecule has 0 radical (unpaired) electrons. The summed E-state index contributed by atoms with van der Waals surface area (Å²) in [5.41, 5.74) is 4.10. The van der Waals surface area contributed by atoms with E-state index < -0.39 is 11.4 Å². The molecule has 1 aliphatic rings. The van der Waals surface area contributed by atoms with Crippen molar-refractivity contribution in [3.8, 4) is 16.9 Å². The zero-order valence-electron chi connectivity index (χ0n) is 20.3. The van der Waals surface area contributed by atoms with E-state index in [9.17, 15) is 9.59 Å². The van der Waals surface area contributed by atoms with Crippen molar-refractivity contribution >= 4 is 35.2 Å². The lowest BCUT2D eigenvalue weighted by atomic mass is 9.69. The molecular formula is C30H30ClNO4. The van der Waals surface area contributed by atoms with E-state index in [1.807, 2.05) is 36.4 Å². The van der Waals surface area contributed by atoms with Crippen molar-refractivity contribution < 1.29 is 19.4 Å². The average Bonchev–Trinajstić information content (AvgIpc) is 2.88. The molecule has 0 spiro atoms. The van der Waals surface area contributed by atoms with Gasteiger partial charge in [-0.25, -0.2) is 4.79 Å². The molecule has 3 aromatic rings. The predicted octanol–water partition coefficient (Wildman–Crippen LogP) is 7.25. The summed E-state index contributed by atoms with van der Waals surface area (Å²) in [6, 6.07) is 21.3. The minimum Gasteiger partial charge on any atom is -0.495 e. The molecule has 2 N–H and O–H groups in total. The van der Waals surface area contributed by atoms with Crippen molar-refractivity contribution in [2.75, 3.05) is 12.4 Å². The van der Waals surface area contributed by atoms with E-state index in [1.54, 1.807) is 13.2 Å². The van der Waals surface area contributed by atoms with Crippen LogP contribution in [-0.4, -0.2) is 24.1 Å². The number of carbonyl (C=O) groups is 2. The summed E-state index contributed by atoms with van der Waals surface area (Å²) in [6.45, 7) is 0. The lowest BCUT2D eigenvalue weighted by molar-refractivity contribution is -0.131. The molecule has 6 heteroatoms. The number of hydrogen-bond donors (Lipinski definition) is 2. The van der Waals surface area contributed by atoms with Gasteiger partial charge in [0, 0.05) is 11.8 Å². The van der Waals surface area contributed by atoms with Gasteiger partial charge in [0.2, 0.25) is 5.91 Å². The van der Waals surface area contributed by atoms with Gasteiger partial charge in [-0.3, -0.25) is 4.79 Å². The first kappa shape index (κ1) is 25.5. The molecule has 3 aromatic carbocycles. The number of carbonyl (C=O) groups excluding carboxylic acids is 1. The summed E-state index contributed by atoms with van der Waals surface area (Å²) in [4.78, 5) is 24.4. The molecule has 0 bridgehead atoms. The highest BCUT2D eigenvalue weighted by Gasteiger charge is 2.39. The Kier molecular flexibility index (Phi) is 8.11. The van der Waals surface area contributed by atoms with Crippen LogP contribution in [0.4, 0.5) is 5.69 Å². The number of anilines is 1. The fourth-order valence-electron chi connectivity index (χ4n) is 4.92. The van der Waals surface area contributed by atoms with Gasteiger partial charge >= 0.3 is 5.97 Å². The number of methoxy groups -OCH3 is 1. The normalized spacial score (nSPS) is 14.9. The fraction of sp³-hybridized carbons (Fsp3) is 0.267. The van der Waals surface area contributed by atoms with Gasteiger partial charge in [0.05, 0.1) is 17.5 Å². The van der Waals surface area contributed by atoms with Gasteiger partial charge in [-0.05, 0) is 71.9 Å². The second-order valence-corrected chi connectivity index (χ2v) is 9.72. The number of hydrogen-bond acceptors (Lipinski definition) is 3. The van der Waals surface area contributed by atoms with Crippen LogP contribution in [0.5, 0.6) is 5.75 Å². The molecule has 0 heterocycles. The third-order valence-corrected chi connectivity index (χ3v) is 7.13. The van der Waals surface area contributed by atoms with Crippen LogP contribution in [0.2, 0.25) is 5.02 Å². The van der Waals surface area contributed by atoms with E-state index in [-0.39, 0.29) is 5.91 Å². The average molecular weight is 504 g/mol. The van der Waals surface area contributed by atoms with E-state index in [2.05, 4.69) is 29.6 Å². The monoisotopic (exact) mass is 503 g/mol. The number of carboxylic acids is 1. The van der Waals surface area contributed by atoms with E-state index in [1.165, 1.54) is 6.08 Å². The number of ether oxygens (including phenoxy) is 1. The number of rotatable bonds is 8. The smallest absolute Gasteiger partial charge is 0.328 e. The second kappa shape index (κ2) is 11.4. The van der Waals surface area contributed by atoms with Crippen molar-refractivity contribution in [2.24, 2.45) is 5.41 Å². The minimum absolute atomic E-state index is 0.0209. The van der Waals surface area contributed by atoms with Gasteiger partial charge in [0.15, 0.2) is 0 Å². The number of carboxylic acid groups (broad SMARTS) is 1. The molecule has 0 aliphatic heterocycles. The summed E-state index contributed by atoms with van der Waals surface area (Å²) in [5.74, 6) is -0.343. The topological polar surface area (TPSA) is 75.6 Å². The standard InChI is InChI=1S/C30H30ClNO4/c1-36-27-14-13-24(19-26(27)31)23-11-8-22(9-12-23)20-30(16-3-2-4-17-30)29(35)32-25-7-5-6-21(18-25)10-15-28(33)34/h5-15,18-19H,2-4,16-17,20H2,1H3,(H,32,35)(H,33,34)/b15-10+. The highest BCUT2D eigenvalue weighted by Crippen LogP contribution is 2.41. The zero-order chi connectivity index (χ0) is 25.5. The van der Waals surface area contributed by atoms with E-state index >= 15 is 0 Å². The van der Waals surface area contributed by atoms with Crippen LogP contribution in [0.25, 0.3) is 17.2 Å². The van der Waals surface area contributed by atoms with Crippen LogP contribution < -0.4 is 10.1 Å². The summed E-state index contributed by atoms with van der Waals surface area (Å²) in [7, 11) is 1.60. The number of amides is 1. The van der Waals surface area contributed by atoms with Crippen LogP contribution in [-0.2, 0) is 16.0 Å². The maximum absolute atomic E-state index is 13.6. The summed E-state index contributed by atoms with van der Waals surface area (Å²) >= 11 is 6.30. The maximum atomic E-state index is 13.6. The first-order valence-corrected chi connectivity index (χ1v) is 12.5. The molecule has 36 heavy (non-hydrogen) atoms. The predicted molar refractivity (Wildman–Crippen MR) is 144 cm³/mol. The number of aliphatic carboxylic acids is 1. The highest BCUT2D eigenvalue weighted by atomic mass is 35.5. The largest absolute Gasteiger partial charge is 0.495 e. The molecule has 0 atom stereocenters. The van der Waals surface area contributed by atoms with Crippen LogP contribution >= 0.6 is 11.6 Å². The first-order chi connectivity index (χ1) is 17.4. The van der Waals surface area contributed by atoms with Gasteiger partial charge < -0.3 is 15.2 Å². The number of nitrogens with one attached hydrogen (secondary N) is 1. The lowest BCUT2D eigenvalue weighted by Gasteiger charge is -2.36. The van der Waals surface area contributed by atoms with Crippen molar-refractivity contribution in [3.05, 3.63) is 89.0 Å². The molecule has 186 valence electrons. The maximum Gasteiger partial charge on any atom is 0.328 e. The minimum atomic E-state index is -1.01. The van der Waals surface area contributed by atoms with Gasteiger partial charge in [-0.15, -0.1) is 0 Å². The lowest BCUT2D eigenvalue weighted by Crippen LogP contribution is -2.40. The molecular weight excluding hydrogens is 474 g/mol. The quantitative estimate of drug-likeness (QED) is 0.317. The molecule has 1 amide bonds. The Balaban J connectivity index is 1.52. The van der Waals surface area contributed by atoms with Crippen LogP contribution in [0.1, 0.15) is 43.2 Å². The molecule has 4 rings (SSSR count). The molecule has 0 saturated heterocycles. The SMILES string of the molecule is COc1ccc(-c2ccc(CC3(C(=O)Nc4cccc(/C=C/C(=O)O)c4)CCCCC3)cc2)cc1Cl. The van der Waals surface area contributed by atoms with E-state index in [0.29, 0.717) is 22.9 Å². The van der Waals surface area contributed by atoms with Crippen molar-refractivity contribution in [1.29, 1.82) is 0 Å². The van der Waals surface area contributed by atoms with Crippen molar-refractivity contribution in [3.63, 3.8) is 0 Å². The van der Waals surface area contributed by atoms with E-state index in [4.69, 9.17) is 21.4 Å². The van der Waals surface area contributed by atoms with Gasteiger partial charge in [-0.1, -0.05) is 73.3 Å². The molecule has 0 aromatic heterocycles. The number of halogens is 1. The third-order valence-electron chi connectivity index (χ3n) is 6.84. The van der Waals surface area contributed by atoms with Crippen LogP contribution in [0, 0.1) is 5.41 Å². The van der Waals surface area contributed by atoms with Gasteiger partial charge in [0.1, 0.15) is 5.75 Å². The Labute approximate surface area is 216 Å². The molecule has 1 saturated carbocycles. The fourth-order valence-corrected chi connectivity index (χ4v) is 5.17. The van der Waals surface area contributed by atoms with Gasteiger partial charge in [0.25, 0.3) is 0 Å². The summed E-state index contributed by atoms with van der Waals surface area (Å²) in [6.07, 6.45) is 8.15. The molecule has 1 aliphatic carbocycles. The Morgan fingerprint density at radius 2 is 1.72 bits per heavy atom. The first-order valence-electron chi connectivity index (χ1n) is 12.1. The third kappa shape index (κ3) is 6.16. The molecule has 0 unspecified atom stereocenters. The van der Waals surface area contributed by atoms with Crippen LogP contribution in [0.15, 0.2) is 72.8 Å².